The number of hydrogen-bond acceptors (Lipinski definition) is 6. The van der Waals surface area contributed by atoms with Crippen LogP contribution in [0.1, 0.15) is 34.2 Å². The molecule has 2 aromatic rings. The minimum Gasteiger partial charge on any atom is -0.497 e. The van der Waals surface area contributed by atoms with Gasteiger partial charge in [0, 0.05) is 22.7 Å². The predicted octanol–water partition coefficient (Wildman–Crippen LogP) is 3.55. The summed E-state index contributed by atoms with van der Waals surface area (Å²) in [4.78, 5) is 20.1. The van der Waals surface area contributed by atoms with Crippen LogP contribution in [-0.4, -0.2) is 41.3 Å². The number of thioether (sulfide) groups is 1. The number of hydrogen-bond donors (Lipinski definition) is 2. The van der Waals surface area contributed by atoms with Crippen molar-refractivity contribution in [2.45, 2.75) is 20.8 Å². The molecular weight excluding hydrogens is 364 g/mol. The summed E-state index contributed by atoms with van der Waals surface area (Å²) in [6, 6.07) is 7.48. The Morgan fingerprint density at radius 3 is 2.59 bits per heavy atom. The number of carbonyl (C=O) groups is 1. The fourth-order valence-electron chi connectivity index (χ4n) is 2.88. The van der Waals surface area contributed by atoms with Gasteiger partial charge in [0.25, 0.3) is 0 Å². The molecular formula is C19H22N4O3S. The van der Waals surface area contributed by atoms with Crippen molar-refractivity contribution in [3.63, 3.8) is 0 Å². The highest BCUT2D eigenvalue weighted by atomic mass is 32.2. The Morgan fingerprint density at radius 2 is 2.00 bits per heavy atom. The van der Waals surface area contributed by atoms with Crippen LogP contribution in [-0.2, 0) is 4.74 Å². The third-order valence-corrected chi connectivity index (χ3v) is 4.95. The number of aryl methyl sites for hydroxylation is 2. The lowest BCUT2D eigenvalue weighted by Crippen LogP contribution is -2.26. The molecule has 7 nitrogen and oxygen atoms in total. The molecule has 0 spiro atoms. The number of hydrazone groups is 1. The summed E-state index contributed by atoms with van der Waals surface area (Å²) in [5.74, 6) is 1.06. The standard InChI is InChI=1S/C19H22N4O3S/c1-5-26-18(24)17-12(3)20-11(2)16(17)15-10-27-19(23-22-15)21-13-6-8-14(25-4)9-7-13/h6-9,20H,5,10H2,1-4H3,(H,21,23). The number of aromatic nitrogens is 1. The number of nitrogens with zero attached hydrogens (tertiary/aromatic N) is 2. The number of carbonyl (C=O) groups excluding carboxylic acids is 1. The van der Waals surface area contributed by atoms with Gasteiger partial charge in [0.1, 0.15) is 5.75 Å². The topological polar surface area (TPSA) is 88.1 Å². The number of nitrogens with one attached hydrogen (secondary N) is 2. The van der Waals surface area contributed by atoms with Gasteiger partial charge < -0.3 is 14.5 Å². The highest BCUT2D eigenvalue weighted by molar-refractivity contribution is 8.14. The van der Waals surface area contributed by atoms with Gasteiger partial charge in [-0.15, -0.1) is 0 Å². The molecule has 1 aliphatic heterocycles. The van der Waals surface area contributed by atoms with Crippen molar-refractivity contribution in [3.8, 4) is 5.75 Å². The largest absolute Gasteiger partial charge is 0.497 e. The quantitative estimate of drug-likeness (QED) is 0.768. The average molecular weight is 386 g/mol. The lowest BCUT2D eigenvalue weighted by molar-refractivity contribution is 0.0525. The maximum absolute atomic E-state index is 12.3. The summed E-state index contributed by atoms with van der Waals surface area (Å²) in [7, 11) is 1.63. The number of rotatable bonds is 5. The second kappa shape index (κ2) is 8.30. The third kappa shape index (κ3) is 4.16. The SMILES string of the molecule is CCOC(=O)c1c(C)[nH]c(C)c1C1=NNC(=Nc2ccc(OC)cc2)SC1. The molecule has 0 atom stereocenters. The fourth-order valence-corrected chi connectivity index (χ4v) is 3.64. The Kier molecular flexibility index (Phi) is 5.85. The summed E-state index contributed by atoms with van der Waals surface area (Å²) < 4.78 is 10.3. The summed E-state index contributed by atoms with van der Waals surface area (Å²) in [6.45, 7) is 5.92. The first kappa shape index (κ1) is 19.0. The Labute approximate surface area is 162 Å². The third-order valence-electron chi connectivity index (χ3n) is 4.08. The van der Waals surface area contributed by atoms with Crippen molar-refractivity contribution in [1.82, 2.24) is 10.4 Å². The molecule has 1 aromatic carbocycles. The Balaban J connectivity index is 1.83. The number of ether oxygens (including phenoxy) is 2. The molecule has 0 amide bonds. The summed E-state index contributed by atoms with van der Waals surface area (Å²) in [5, 5.41) is 5.15. The first-order chi connectivity index (χ1) is 13.0. The number of esters is 1. The zero-order valence-corrected chi connectivity index (χ0v) is 16.6. The number of methoxy groups -OCH3 is 1. The van der Waals surface area contributed by atoms with Gasteiger partial charge in [-0.05, 0) is 45.0 Å². The van der Waals surface area contributed by atoms with Crippen molar-refractivity contribution < 1.29 is 14.3 Å². The maximum atomic E-state index is 12.3. The van der Waals surface area contributed by atoms with E-state index < -0.39 is 0 Å². The van der Waals surface area contributed by atoms with Crippen LogP contribution in [0.15, 0.2) is 34.4 Å². The maximum Gasteiger partial charge on any atom is 0.340 e. The van der Waals surface area contributed by atoms with Crippen LogP contribution in [0, 0.1) is 13.8 Å². The highest BCUT2D eigenvalue weighted by Crippen LogP contribution is 2.25. The molecule has 3 rings (SSSR count). The van der Waals surface area contributed by atoms with Gasteiger partial charge >= 0.3 is 5.97 Å². The van der Waals surface area contributed by atoms with E-state index in [1.54, 1.807) is 14.0 Å². The molecule has 8 heteroatoms. The van der Waals surface area contributed by atoms with Gasteiger partial charge in [-0.25, -0.2) is 9.79 Å². The average Bonchev–Trinajstić information content (AvgIpc) is 2.97. The highest BCUT2D eigenvalue weighted by Gasteiger charge is 2.26. The number of aliphatic imine (C=N–C) groups is 1. The van der Waals surface area contributed by atoms with Gasteiger partial charge in [0.2, 0.25) is 0 Å². The number of benzene rings is 1. The van der Waals surface area contributed by atoms with Crippen molar-refractivity contribution in [2.24, 2.45) is 10.1 Å². The van der Waals surface area contributed by atoms with Gasteiger partial charge in [-0.2, -0.15) is 5.10 Å². The van der Waals surface area contributed by atoms with Crippen molar-refractivity contribution in [2.75, 3.05) is 19.5 Å². The molecule has 0 aliphatic carbocycles. The molecule has 27 heavy (non-hydrogen) atoms. The smallest absolute Gasteiger partial charge is 0.340 e. The van der Waals surface area contributed by atoms with Crippen LogP contribution in [0.3, 0.4) is 0 Å². The van der Waals surface area contributed by atoms with Gasteiger partial charge in [-0.3, -0.25) is 5.43 Å². The molecule has 2 N–H and O–H groups in total. The van der Waals surface area contributed by atoms with E-state index in [-0.39, 0.29) is 5.97 Å². The number of amidine groups is 1. The second-order valence-corrected chi connectivity index (χ2v) is 6.88. The predicted molar refractivity (Wildman–Crippen MR) is 108 cm³/mol. The van der Waals surface area contributed by atoms with E-state index in [9.17, 15) is 4.79 Å². The Hall–Kier alpha value is -2.74. The molecule has 2 heterocycles. The van der Waals surface area contributed by atoms with Crippen molar-refractivity contribution >= 4 is 34.3 Å². The van der Waals surface area contributed by atoms with E-state index in [0.717, 1.165) is 34.1 Å². The number of H-pyrrole nitrogens is 1. The molecule has 1 aromatic heterocycles. The van der Waals surface area contributed by atoms with Crippen LogP contribution >= 0.6 is 11.8 Å². The normalized spacial score (nSPS) is 15.3. The molecule has 1 aliphatic rings. The summed E-state index contributed by atoms with van der Waals surface area (Å²) in [6.07, 6.45) is 0. The van der Waals surface area contributed by atoms with E-state index in [0.29, 0.717) is 23.1 Å². The zero-order valence-electron chi connectivity index (χ0n) is 15.8. The minimum absolute atomic E-state index is 0.333. The summed E-state index contributed by atoms with van der Waals surface area (Å²) >= 11 is 1.53. The summed E-state index contributed by atoms with van der Waals surface area (Å²) in [5.41, 5.74) is 7.61. The molecule has 142 valence electrons. The fraction of sp³-hybridized carbons (Fsp3) is 0.316. The van der Waals surface area contributed by atoms with E-state index in [1.165, 1.54) is 11.8 Å². The zero-order chi connectivity index (χ0) is 19.4. The van der Waals surface area contributed by atoms with Crippen molar-refractivity contribution in [1.29, 1.82) is 0 Å². The van der Waals surface area contributed by atoms with Crippen LogP contribution in [0.5, 0.6) is 5.75 Å². The van der Waals surface area contributed by atoms with E-state index >= 15 is 0 Å². The van der Waals surface area contributed by atoms with E-state index in [4.69, 9.17) is 9.47 Å². The van der Waals surface area contributed by atoms with Crippen LogP contribution in [0.2, 0.25) is 0 Å². The van der Waals surface area contributed by atoms with Gasteiger partial charge in [0.15, 0.2) is 5.17 Å². The molecule has 0 bridgehead atoms. The first-order valence-electron chi connectivity index (χ1n) is 8.58. The lowest BCUT2D eigenvalue weighted by Gasteiger charge is -2.16. The Morgan fingerprint density at radius 1 is 1.26 bits per heavy atom. The first-order valence-corrected chi connectivity index (χ1v) is 9.56. The van der Waals surface area contributed by atoms with Gasteiger partial charge in [0.05, 0.1) is 30.7 Å². The van der Waals surface area contributed by atoms with Crippen LogP contribution in [0.4, 0.5) is 5.69 Å². The lowest BCUT2D eigenvalue weighted by atomic mass is 10.1. The molecule has 0 saturated carbocycles. The van der Waals surface area contributed by atoms with Crippen LogP contribution < -0.4 is 10.2 Å². The van der Waals surface area contributed by atoms with E-state index in [2.05, 4.69) is 20.5 Å². The molecule has 0 unspecified atom stereocenters. The van der Waals surface area contributed by atoms with Gasteiger partial charge in [-0.1, -0.05) is 11.8 Å². The minimum atomic E-state index is -0.334. The molecule has 0 fully saturated rings. The second-order valence-electron chi connectivity index (χ2n) is 5.92. The molecule has 0 saturated heterocycles. The van der Waals surface area contributed by atoms with Crippen LogP contribution in [0.25, 0.3) is 0 Å². The Bertz CT molecular complexity index is 900. The van der Waals surface area contributed by atoms with E-state index in [1.807, 2.05) is 38.1 Å². The van der Waals surface area contributed by atoms with Crippen molar-refractivity contribution in [3.05, 3.63) is 46.8 Å². The number of aromatic amines is 1. The molecule has 0 radical (unpaired) electrons. The monoisotopic (exact) mass is 386 g/mol.